The quantitative estimate of drug-likeness (QED) is 0.934. The topological polar surface area (TPSA) is 50.7 Å². The zero-order valence-corrected chi connectivity index (χ0v) is 10.8. The molecule has 0 fully saturated rings. The van der Waals surface area contributed by atoms with E-state index in [0.29, 0.717) is 12.1 Å². The molecule has 0 saturated heterocycles. The SMILES string of the molecule is CCCNc1nc(-c2ccncc2)cc(C(F)(F)F)n1. The third-order valence-electron chi connectivity index (χ3n) is 2.53. The molecule has 2 aromatic heterocycles. The predicted octanol–water partition coefficient (Wildman–Crippen LogP) is 3.38. The van der Waals surface area contributed by atoms with E-state index in [-0.39, 0.29) is 11.6 Å². The van der Waals surface area contributed by atoms with Crippen molar-refractivity contribution in [3.05, 3.63) is 36.3 Å². The van der Waals surface area contributed by atoms with Crippen molar-refractivity contribution < 1.29 is 13.2 Å². The number of hydrogen-bond acceptors (Lipinski definition) is 4. The fraction of sp³-hybridized carbons (Fsp3) is 0.308. The molecule has 0 amide bonds. The van der Waals surface area contributed by atoms with E-state index in [9.17, 15) is 13.2 Å². The van der Waals surface area contributed by atoms with Gasteiger partial charge in [-0.3, -0.25) is 4.98 Å². The van der Waals surface area contributed by atoms with Gasteiger partial charge in [-0.1, -0.05) is 6.92 Å². The van der Waals surface area contributed by atoms with Gasteiger partial charge in [0.15, 0.2) is 5.69 Å². The summed E-state index contributed by atoms with van der Waals surface area (Å²) in [6.45, 7) is 2.42. The molecule has 0 aromatic carbocycles. The van der Waals surface area contributed by atoms with Crippen molar-refractivity contribution in [1.82, 2.24) is 15.0 Å². The van der Waals surface area contributed by atoms with Crippen LogP contribution in [-0.2, 0) is 6.18 Å². The fourth-order valence-corrected chi connectivity index (χ4v) is 1.58. The first-order valence-corrected chi connectivity index (χ1v) is 6.11. The van der Waals surface area contributed by atoms with Crippen molar-refractivity contribution >= 4 is 5.95 Å². The fourth-order valence-electron chi connectivity index (χ4n) is 1.58. The Kier molecular flexibility index (Phi) is 4.16. The van der Waals surface area contributed by atoms with Crippen LogP contribution in [0.15, 0.2) is 30.6 Å². The minimum atomic E-state index is -4.51. The van der Waals surface area contributed by atoms with Crippen molar-refractivity contribution in [3.8, 4) is 11.3 Å². The van der Waals surface area contributed by atoms with E-state index in [0.717, 1.165) is 12.5 Å². The summed E-state index contributed by atoms with van der Waals surface area (Å²) < 4.78 is 38.6. The molecule has 2 aromatic rings. The first-order valence-electron chi connectivity index (χ1n) is 6.11. The van der Waals surface area contributed by atoms with Crippen molar-refractivity contribution in [2.45, 2.75) is 19.5 Å². The average Bonchev–Trinajstić information content (AvgIpc) is 2.45. The summed E-state index contributed by atoms with van der Waals surface area (Å²) in [6.07, 6.45) is -0.731. The molecule has 0 bridgehead atoms. The predicted molar refractivity (Wildman–Crippen MR) is 69.0 cm³/mol. The second-order valence-electron chi connectivity index (χ2n) is 4.12. The number of rotatable bonds is 4. The smallest absolute Gasteiger partial charge is 0.354 e. The summed E-state index contributed by atoms with van der Waals surface area (Å²) in [5.74, 6) is -0.0199. The molecule has 0 saturated carbocycles. The van der Waals surface area contributed by atoms with Crippen LogP contribution in [-0.4, -0.2) is 21.5 Å². The van der Waals surface area contributed by atoms with Crippen LogP contribution in [0.3, 0.4) is 0 Å². The van der Waals surface area contributed by atoms with E-state index in [2.05, 4.69) is 20.3 Å². The molecule has 0 spiro atoms. The standard InChI is InChI=1S/C13H13F3N4/c1-2-5-18-12-19-10(9-3-6-17-7-4-9)8-11(20-12)13(14,15)16/h3-4,6-8H,2,5H2,1H3,(H,18,19,20). The maximum atomic E-state index is 12.9. The van der Waals surface area contributed by atoms with Crippen molar-refractivity contribution in [3.63, 3.8) is 0 Å². The molecule has 0 atom stereocenters. The second kappa shape index (κ2) is 5.85. The maximum absolute atomic E-state index is 12.9. The van der Waals surface area contributed by atoms with Gasteiger partial charge in [-0.15, -0.1) is 0 Å². The molecule has 0 unspecified atom stereocenters. The van der Waals surface area contributed by atoms with Gasteiger partial charge in [-0.05, 0) is 24.6 Å². The number of nitrogens with zero attached hydrogens (tertiary/aromatic N) is 3. The average molecular weight is 282 g/mol. The summed E-state index contributed by atoms with van der Waals surface area (Å²) in [6, 6.07) is 4.14. The zero-order chi connectivity index (χ0) is 14.6. The zero-order valence-electron chi connectivity index (χ0n) is 10.8. The molecule has 2 rings (SSSR count). The number of pyridine rings is 1. The molecule has 2 heterocycles. The second-order valence-corrected chi connectivity index (χ2v) is 4.12. The van der Waals surface area contributed by atoms with Gasteiger partial charge in [0, 0.05) is 24.5 Å². The Morgan fingerprint density at radius 1 is 1.15 bits per heavy atom. The first-order chi connectivity index (χ1) is 9.50. The molecule has 0 radical (unpaired) electrons. The van der Waals surface area contributed by atoms with Gasteiger partial charge in [-0.25, -0.2) is 9.97 Å². The highest BCUT2D eigenvalue weighted by Gasteiger charge is 2.33. The van der Waals surface area contributed by atoms with Gasteiger partial charge in [0.1, 0.15) is 0 Å². The highest BCUT2D eigenvalue weighted by Crippen LogP contribution is 2.30. The minimum absolute atomic E-state index is 0.0199. The first kappa shape index (κ1) is 14.2. The third kappa shape index (κ3) is 3.43. The molecule has 0 aliphatic carbocycles. The summed E-state index contributed by atoms with van der Waals surface area (Å²) in [5, 5.41) is 2.78. The molecule has 0 aliphatic rings. The molecule has 7 heteroatoms. The molecule has 1 N–H and O–H groups in total. The number of anilines is 1. The van der Waals surface area contributed by atoms with Crippen LogP contribution in [0.1, 0.15) is 19.0 Å². The summed E-state index contributed by atoms with van der Waals surface area (Å²) in [7, 11) is 0. The van der Waals surface area contributed by atoms with E-state index in [4.69, 9.17) is 0 Å². The highest BCUT2D eigenvalue weighted by atomic mass is 19.4. The Labute approximate surface area is 114 Å². The van der Waals surface area contributed by atoms with Crippen LogP contribution in [0, 0.1) is 0 Å². The number of hydrogen-bond donors (Lipinski definition) is 1. The number of aromatic nitrogens is 3. The van der Waals surface area contributed by atoms with Crippen LogP contribution >= 0.6 is 0 Å². The Morgan fingerprint density at radius 2 is 1.85 bits per heavy atom. The minimum Gasteiger partial charge on any atom is -0.354 e. The third-order valence-corrected chi connectivity index (χ3v) is 2.53. The van der Waals surface area contributed by atoms with E-state index in [1.165, 1.54) is 12.4 Å². The van der Waals surface area contributed by atoms with Crippen LogP contribution in [0.25, 0.3) is 11.3 Å². The van der Waals surface area contributed by atoms with Crippen molar-refractivity contribution in [2.75, 3.05) is 11.9 Å². The van der Waals surface area contributed by atoms with E-state index >= 15 is 0 Å². The monoisotopic (exact) mass is 282 g/mol. The lowest BCUT2D eigenvalue weighted by atomic mass is 10.1. The van der Waals surface area contributed by atoms with Gasteiger partial charge < -0.3 is 5.32 Å². The van der Waals surface area contributed by atoms with Gasteiger partial charge in [0.25, 0.3) is 0 Å². The molecule has 4 nitrogen and oxygen atoms in total. The number of alkyl halides is 3. The summed E-state index contributed by atoms with van der Waals surface area (Å²) in [5.41, 5.74) is -0.182. The van der Waals surface area contributed by atoms with Crippen LogP contribution < -0.4 is 5.32 Å². The number of halogens is 3. The van der Waals surface area contributed by atoms with Gasteiger partial charge >= 0.3 is 6.18 Å². The number of nitrogens with one attached hydrogen (secondary N) is 1. The van der Waals surface area contributed by atoms with E-state index < -0.39 is 11.9 Å². The van der Waals surface area contributed by atoms with Crippen LogP contribution in [0.2, 0.25) is 0 Å². The molecular formula is C13H13F3N4. The highest BCUT2D eigenvalue weighted by molar-refractivity contribution is 5.60. The van der Waals surface area contributed by atoms with E-state index in [1.54, 1.807) is 12.1 Å². The normalized spacial score (nSPS) is 11.4. The van der Waals surface area contributed by atoms with Crippen LogP contribution in [0.5, 0.6) is 0 Å². The molecular weight excluding hydrogens is 269 g/mol. The molecule has 0 aliphatic heterocycles. The lowest BCUT2D eigenvalue weighted by molar-refractivity contribution is -0.141. The molecule has 106 valence electrons. The largest absolute Gasteiger partial charge is 0.433 e. The maximum Gasteiger partial charge on any atom is 0.433 e. The Bertz CT molecular complexity index is 570. The van der Waals surface area contributed by atoms with E-state index in [1.807, 2.05) is 6.92 Å². The van der Waals surface area contributed by atoms with Crippen molar-refractivity contribution in [1.29, 1.82) is 0 Å². The lowest BCUT2D eigenvalue weighted by Gasteiger charge is -2.11. The van der Waals surface area contributed by atoms with Crippen molar-refractivity contribution in [2.24, 2.45) is 0 Å². The summed E-state index contributed by atoms with van der Waals surface area (Å²) >= 11 is 0. The summed E-state index contributed by atoms with van der Waals surface area (Å²) in [4.78, 5) is 11.4. The van der Waals surface area contributed by atoms with Gasteiger partial charge in [0.05, 0.1) is 5.69 Å². The Balaban J connectivity index is 2.46. The van der Waals surface area contributed by atoms with Crippen LogP contribution in [0.4, 0.5) is 19.1 Å². The van der Waals surface area contributed by atoms with Gasteiger partial charge in [-0.2, -0.15) is 13.2 Å². The Hall–Kier alpha value is -2.18. The van der Waals surface area contributed by atoms with Gasteiger partial charge in [0.2, 0.25) is 5.95 Å². The molecule has 20 heavy (non-hydrogen) atoms. The lowest BCUT2D eigenvalue weighted by Crippen LogP contribution is -2.13. The Morgan fingerprint density at radius 3 is 2.45 bits per heavy atom.